The molecule has 0 radical (unpaired) electrons. The summed E-state index contributed by atoms with van der Waals surface area (Å²) in [5, 5.41) is 0.696. The summed E-state index contributed by atoms with van der Waals surface area (Å²) in [4.78, 5) is 16.5. The SMILES string of the molecule is O=C1c2ccc(Cl)cc2CC[C@H]1c1cccnc1. The summed E-state index contributed by atoms with van der Waals surface area (Å²) in [5.74, 6) is 0.119. The third-order valence-electron chi connectivity index (χ3n) is 3.44. The number of pyridine rings is 1. The quantitative estimate of drug-likeness (QED) is 0.781. The minimum absolute atomic E-state index is 0.0626. The van der Waals surface area contributed by atoms with Gasteiger partial charge in [-0.15, -0.1) is 0 Å². The van der Waals surface area contributed by atoms with Gasteiger partial charge in [-0.2, -0.15) is 0 Å². The highest BCUT2D eigenvalue weighted by Crippen LogP contribution is 2.33. The number of hydrogen-bond donors (Lipinski definition) is 0. The molecule has 0 aliphatic heterocycles. The van der Waals surface area contributed by atoms with Gasteiger partial charge in [-0.25, -0.2) is 0 Å². The third kappa shape index (κ3) is 1.93. The summed E-state index contributed by atoms with van der Waals surface area (Å²) in [6.45, 7) is 0. The lowest BCUT2D eigenvalue weighted by molar-refractivity contribution is 0.0946. The van der Waals surface area contributed by atoms with Crippen LogP contribution in [0.15, 0.2) is 42.7 Å². The molecule has 0 unspecified atom stereocenters. The van der Waals surface area contributed by atoms with Crippen LogP contribution in [0.5, 0.6) is 0 Å². The lowest BCUT2D eigenvalue weighted by Crippen LogP contribution is -2.21. The van der Waals surface area contributed by atoms with Gasteiger partial charge in [0.15, 0.2) is 5.78 Å². The predicted octanol–water partition coefficient (Wildman–Crippen LogP) is 3.65. The fourth-order valence-corrected chi connectivity index (χ4v) is 2.72. The number of aromatic nitrogens is 1. The molecule has 1 aliphatic rings. The number of fused-ring (bicyclic) bond motifs is 1. The molecule has 0 N–H and O–H groups in total. The summed E-state index contributed by atoms with van der Waals surface area (Å²) in [7, 11) is 0. The van der Waals surface area contributed by atoms with Crippen molar-refractivity contribution in [3.05, 3.63) is 64.4 Å². The van der Waals surface area contributed by atoms with Crippen molar-refractivity contribution >= 4 is 17.4 Å². The number of benzene rings is 1. The van der Waals surface area contributed by atoms with Crippen molar-refractivity contribution < 1.29 is 4.79 Å². The summed E-state index contributed by atoms with van der Waals surface area (Å²) >= 11 is 5.96. The van der Waals surface area contributed by atoms with Gasteiger partial charge in [-0.05, 0) is 48.2 Å². The summed E-state index contributed by atoms with van der Waals surface area (Å²) < 4.78 is 0. The number of ketones is 1. The maximum absolute atomic E-state index is 12.5. The van der Waals surface area contributed by atoms with E-state index in [1.54, 1.807) is 18.5 Å². The van der Waals surface area contributed by atoms with Crippen molar-refractivity contribution in [1.82, 2.24) is 4.98 Å². The van der Waals surface area contributed by atoms with E-state index in [4.69, 9.17) is 11.6 Å². The molecule has 0 amide bonds. The van der Waals surface area contributed by atoms with Crippen molar-refractivity contribution in [3.8, 4) is 0 Å². The van der Waals surface area contributed by atoms with E-state index in [2.05, 4.69) is 4.98 Å². The van der Waals surface area contributed by atoms with E-state index >= 15 is 0 Å². The molecule has 0 fully saturated rings. The van der Waals surface area contributed by atoms with Gasteiger partial charge in [-0.1, -0.05) is 17.7 Å². The van der Waals surface area contributed by atoms with Gasteiger partial charge in [0.2, 0.25) is 0 Å². The molecule has 1 heterocycles. The van der Waals surface area contributed by atoms with Gasteiger partial charge < -0.3 is 0 Å². The topological polar surface area (TPSA) is 30.0 Å². The number of carbonyl (C=O) groups excluding carboxylic acids is 1. The fourth-order valence-electron chi connectivity index (χ4n) is 2.53. The first-order chi connectivity index (χ1) is 8.75. The fraction of sp³-hybridized carbons (Fsp3) is 0.200. The van der Waals surface area contributed by atoms with Crippen LogP contribution in [0.1, 0.15) is 33.8 Å². The van der Waals surface area contributed by atoms with E-state index in [9.17, 15) is 4.79 Å². The molecule has 3 heteroatoms. The Morgan fingerprint density at radius 3 is 2.94 bits per heavy atom. The number of nitrogens with zero attached hydrogens (tertiary/aromatic N) is 1. The molecule has 2 nitrogen and oxygen atoms in total. The average Bonchev–Trinajstić information content (AvgIpc) is 2.40. The number of Topliss-reactive ketones (excluding diaryl/α,β-unsaturated/α-hetero) is 1. The minimum atomic E-state index is -0.0626. The predicted molar refractivity (Wildman–Crippen MR) is 71.1 cm³/mol. The Balaban J connectivity index is 2.00. The Morgan fingerprint density at radius 1 is 1.28 bits per heavy atom. The second-order valence-electron chi connectivity index (χ2n) is 4.54. The Kier molecular flexibility index (Phi) is 2.88. The molecule has 1 atom stereocenters. The van der Waals surface area contributed by atoms with E-state index in [1.807, 2.05) is 24.3 Å². The Hall–Kier alpha value is -1.67. The normalized spacial score (nSPS) is 18.5. The van der Waals surface area contributed by atoms with E-state index in [-0.39, 0.29) is 11.7 Å². The van der Waals surface area contributed by atoms with Gasteiger partial charge in [-0.3, -0.25) is 9.78 Å². The summed E-state index contributed by atoms with van der Waals surface area (Å²) in [5.41, 5.74) is 2.87. The monoisotopic (exact) mass is 257 g/mol. The molecule has 1 aliphatic carbocycles. The van der Waals surface area contributed by atoms with Crippen LogP contribution in [0.2, 0.25) is 5.02 Å². The van der Waals surface area contributed by atoms with Crippen molar-refractivity contribution in [2.45, 2.75) is 18.8 Å². The summed E-state index contributed by atoms with van der Waals surface area (Å²) in [6, 6.07) is 9.36. The smallest absolute Gasteiger partial charge is 0.170 e. The second kappa shape index (κ2) is 4.54. The number of aryl methyl sites for hydroxylation is 1. The molecule has 18 heavy (non-hydrogen) atoms. The molecule has 0 saturated heterocycles. The van der Waals surface area contributed by atoms with Crippen LogP contribution in [0.3, 0.4) is 0 Å². The Morgan fingerprint density at radius 2 is 2.17 bits per heavy atom. The zero-order chi connectivity index (χ0) is 12.5. The van der Waals surface area contributed by atoms with Crippen LogP contribution in [0, 0.1) is 0 Å². The number of halogens is 1. The van der Waals surface area contributed by atoms with Crippen molar-refractivity contribution in [2.24, 2.45) is 0 Å². The second-order valence-corrected chi connectivity index (χ2v) is 4.98. The van der Waals surface area contributed by atoms with Crippen molar-refractivity contribution in [2.75, 3.05) is 0 Å². The lowest BCUT2D eigenvalue weighted by atomic mass is 9.79. The molecule has 0 saturated carbocycles. The van der Waals surface area contributed by atoms with Crippen LogP contribution in [0.25, 0.3) is 0 Å². The van der Waals surface area contributed by atoms with Gasteiger partial charge in [0, 0.05) is 28.9 Å². The number of hydrogen-bond acceptors (Lipinski definition) is 2. The molecular formula is C15H12ClNO. The summed E-state index contributed by atoms with van der Waals surface area (Å²) in [6.07, 6.45) is 5.23. The molecule has 2 aromatic rings. The average molecular weight is 258 g/mol. The highest BCUT2D eigenvalue weighted by atomic mass is 35.5. The van der Waals surface area contributed by atoms with Gasteiger partial charge in [0.1, 0.15) is 0 Å². The Labute approximate surface area is 111 Å². The maximum atomic E-state index is 12.5. The molecule has 3 rings (SSSR count). The van der Waals surface area contributed by atoms with Crippen LogP contribution in [0.4, 0.5) is 0 Å². The van der Waals surface area contributed by atoms with Crippen LogP contribution < -0.4 is 0 Å². The largest absolute Gasteiger partial charge is 0.293 e. The van der Waals surface area contributed by atoms with Crippen LogP contribution >= 0.6 is 11.6 Å². The van der Waals surface area contributed by atoms with Gasteiger partial charge >= 0.3 is 0 Å². The lowest BCUT2D eigenvalue weighted by Gasteiger charge is -2.23. The molecular weight excluding hydrogens is 246 g/mol. The van der Waals surface area contributed by atoms with Gasteiger partial charge in [0.05, 0.1) is 0 Å². The van der Waals surface area contributed by atoms with Crippen molar-refractivity contribution in [3.63, 3.8) is 0 Å². The van der Waals surface area contributed by atoms with E-state index in [0.717, 1.165) is 29.5 Å². The third-order valence-corrected chi connectivity index (χ3v) is 3.67. The number of carbonyl (C=O) groups is 1. The van der Waals surface area contributed by atoms with Crippen LogP contribution in [-0.4, -0.2) is 10.8 Å². The van der Waals surface area contributed by atoms with E-state index < -0.39 is 0 Å². The zero-order valence-electron chi connectivity index (χ0n) is 9.77. The first-order valence-corrected chi connectivity index (χ1v) is 6.36. The Bertz CT molecular complexity index is 595. The molecule has 1 aromatic carbocycles. The highest BCUT2D eigenvalue weighted by Gasteiger charge is 2.28. The number of rotatable bonds is 1. The van der Waals surface area contributed by atoms with E-state index in [1.165, 1.54) is 0 Å². The van der Waals surface area contributed by atoms with E-state index in [0.29, 0.717) is 5.02 Å². The molecule has 90 valence electrons. The van der Waals surface area contributed by atoms with Gasteiger partial charge in [0.25, 0.3) is 0 Å². The molecule has 0 spiro atoms. The standard InChI is InChI=1S/C15H12ClNO/c16-12-4-6-13-10(8-12)3-5-14(15(13)18)11-2-1-7-17-9-11/h1-2,4,6-9,14H,3,5H2/t14-/m0/s1. The van der Waals surface area contributed by atoms with Crippen LogP contribution in [-0.2, 0) is 6.42 Å². The zero-order valence-corrected chi connectivity index (χ0v) is 10.5. The van der Waals surface area contributed by atoms with Crippen molar-refractivity contribution in [1.29, 1.82) is 0 Å². The first kappa shape index (κ1) is 11.4. The highest BCUT2D eigenvalue weighted by molar-refractivity contribution is 6.30. The maximum Gasteiger partial charge on any atom is 0.170 e. The molecule has 1 aromatic heterocycles. The molecule has 0 bridgehead atoms. The first-order valence-electron chi connectivity index (χ1n) is 5.98. The minimum Gasteiger partial charge on any atom is -0.293 e.